The summed E-state index contributed by atoms with van der Waals surface area (Å²) in [4.78, 5) is 23.1. The number of H-pyrrole nitrogens is 2. The van der Waals surface area contributed by atoms with Gasteiger partial charge in [-0.25, -0.2) is 9.97 Å². The minimum Gasteiger partial charge on any atom is -0.346 e. The Balaban J connectivity index is 0.000000132. The van der Waals surface area contributed by atoms with Crippen LogP contribution >= 0.6 is 15.9 Å². The molecule has 31 heavy (non-hydrogen) atoms. The van der Waals surface area contributed by atoms with Crippen LogP contribution in [0.25, 0.3) is 45.2 Å². The van der Waals surface area contributed by atoms with E-state index >= 15 is 0 Å². The van der Waals surface area contributed by atoms with Gasteiger partial charge in [-0.3, -0.25) is 0 Å². The number of nitrogens with zero attached hydrogens (tertiary/aromatic N) is 6. The number of nitrogens with one attached hydrogen (secondary N) is 2. The predicted octanol–water partition coefficient (Wildman–Crippen LogP) is 4.61. The third kappa shape index (κ3) is 3.82. The van der Waals surface area contributed by atoms with E-state index in [2.05, 4.69) is 56.1 Å². The van der Waals surface area contributed by atoms with Crippen LogP contribution in [0.15, 0.2) is 56.2 Å². The Hall–Kier alpha value is -3.86. The van der Waals surface area contributed by atoms with E-state index in [0.717, 1.165) is 26.5 Å². The Morgan fingerprint density at radius 1 is 0.742 bits per heavy atom. The van der Waals surface area contributed by atoms with Crippen molar-refractivity contribution in [3.63, 3.8) is 0 Å². The number of fused-ring (bicyclic) bond motifs is 2. The largest absolute Gasteiger partial charge is 0.346 e. The average molecular weight is 479 g/mol. The maximum atomic E-state index is 5.06. The summed E-state index contributed by atoms with van der Waals surface area (Å²) in [6, 6.07) is 9.60. The molecule has 10 nitrogen and oxygen atoms in total. The van der Waals surface area contributed by atoms with Crippen molar-refractivity contribution < 1.29 is 9.05 Å². The fraction of sp³-hybridized carbons (Fsp3) is 0.100. The second-order valence-corrected chi connectivity index (χ2v) is 7.49. The van der Waals surface area contributed by atoms with Crippen LogP contribution in [-0.4, -0.2) is 40.2 Å². The molecule has 0 spiro atoms. The Morgan fingerprint density at radius 3 is 2.03 bits per heavy atom. The van der Waals surface area contributed by atoms with Gasteiger partial charge < -0.3 is 19.0 Å². The van der Waals surface area contributed by atoms with Gasteiger partial charge in [0.05, 0.1) is 0 Å². The highest BCUT2D eigenvalue weighted by Gasteiger charge is 2.10. The smallest absolute Gasteiger partial charge is 0.276 e. The Kier molecular flexibility index (Phi) is 4.79. The molecule has 0 aliphatic rings. The number of rotatable bonds is 2. The fourth-order valence-corrected chi connectivity index (χ4v) is 3.38. The zero-order chi connectivity index (χ0) is 21.4. The quantitative estimate of drug-likeness (QED) is 0.368. The summed E-state index contributed by atoms with van der Waals surface area (Å²) in [7, 11) is 0. The molecule has 6 heterocycles. The second kappa shape index (κ2) is 7.76. The van der Waals surface area contributed by atoms with Crippen LogP contribution in [-0.2, 0) is 0 Å². The van der Waals surface area contributed by atoms with Gasteiger partial charge in [-0.1, -0.05) is 10.3 Å². The molecule has 0 saturated carbocycles. The summed E-state index contributed by atoms with van der Waals surface area (Å²) in [6.45, 7) is 3.55. The van der Waals surface area contributed by atoms with E-state index < -0.39 is 0 Å². The van der Waals surface area contributed by atoms with Crippen LogP contribution in [0.1, 0.15) is 11.6 Å². The summed E-state index contributed by atoms with van der Waals surface area (Å²) in [5, 5.41) is 9.55. The van der Waals surface area contributed by atoms with Crippen LogP contribution in [0, 0.1) is 13.8 Å². The molecule has 11 heteroatoms. The molecule has 6 aromatic rings. The maximum Gasteiger partial charge on any atom is 0.276 e. The summed E-state index contributed by atoms with van der Waals surface area (Å²) in [5.74, 6) is 2.09. The first kappa shape index (κ1) is 19.1. The third-order valence-electron chi connectivity index (χ3n) is 4.39. The number of aromatic nitrogens is 8. The molecule has 0 bridgehead atoms. The first-order chi connectivity index (χ1) is 15.1. The van der Waals surface area contributed by atoms with Crippen LogP contribution in [0.2, 0.25) is 0 Å². The minimum absolute atomic E-state index is 0.435. The van der Waals surface area contributed by atoms with E-state index in [9.17, 15) is 0 Å². The van der Waals surface area contributed by atoms with Gasteiger partial charge in [0.25, 0.3) is 11.8 Å². The summed E-state index contributed by atoms with van der Waals surface area (Å²) >= 11 is 3.43. The maximum absolute atomic E-state index is 5.06. The minimum atomic E-state index is 0.435. The summed E-state index contributed by atoms with van der Waals surface area (Å²) in [5.41, 5.74) is 2.97. The van der Waals surface area contributed by atoms with Gasteiger partial charge in [0.15, 0.2) is 11.6 Å². The topological polar surface area (TPSA) is 135 Å². The van der Waals surface area contributed by atoms with Crippen LogP contribution < -0.4 is 0 Å². The number of aryl methyl sites for hydroxylation is 2. The zero-order valence-electron chi connectivity index (χ0n) is 16.4. The van der Waals surface area contributed by atoms with Crippen molar-refractivity contribution >= 4 is 38.0 Å². The van der Waals surface area contributed by atoms with Gasteiger partial charge in [0, 0.05) is 27.6 Å². The van der Waals surface area contributed by atoms with Crippen molar-refractivity contribution in [3.05, 3.63) is 58.8 Å². The molecule has 0 fully saturated rings. The number of pyridine rings is 2. The molecule has 0 aliphatic carbocycles. The van der Waals surface area contributed by atoms with E-state index in [1.165, 1.54) is 0 Å². The lowest BCUT2D eigenvalue weighted by atomic mass is 10.3. The first-order valence-electron chi connectivity index (χ1n) is 9.26. The van der Waals surface area contributed by atoms with E-state index in [4.69, 9.17) is 9.05 Å². The van der Waals surface area contributed by atoms with Gasteiger partial charge in [-0.2, -0.15) is 9.97 Å². The third-order valence-corrected chi connectivity index (χ3v) is 5.05. The van der Waals surface area contributed by atoms with Crippen molar-refractivity contribution in [1.82, 2.24) is 40.2 Å². The average Bonchev–Trinajstić information content (AvgIpc) is 3.56. The van der Waals surface area contributed by atoms with Gasteiger partial charge in [0.2, 0.25) is 0 Å². The molecular weight excluding hydrogens is 464 g/mol. The van der Waals surface area contributed by atoms with Crippen molar-refractivity contribution in [2.75, 3.05) is 0 Å². The molecule has 0 saturated heterocycles. The molecule has 154 valence electrons. The molecule has 6 rings (SSSR count). The highest BCUT2D eigenvalue weighted by atomic mass is 79.9. The Morgan fingerprint density at radius 2 is 1.39 bits per heavy atom. The number of hydrogen-bond donors (Lipinski definition) is 2. The van der Waals surface area contributed by atoms with Crippen LogP contribution in [0.3, 0.4) is 0 Å². The molecule has 0 amide bonds. The van der Waals surface area contributed by atoms with Crippen molar-refractivity contribution in [2.45, 2.75) is 13.8 Å². The number of halogens is 1. The SMILES string of the molecule is Cc1noc(-c2ccc3c(Br)c[nH]c3n2)n1.Cc1noc(-c2ccc3cc[nH]c3n2)n1. The molecule has 0 atom stereocenters. The highest BCUT2D eigenvalue weighted by Crippen LogP contribution is 2.25. The molecule has 0 radical (unpaired) electrons. The highest BCUT2D eigenvalue weighted by molar-refractivity contribution is 9.10. The number of hydrogen-bond acceptors (Lipinski definition) is 8. The van der Waals surface area contributed by atoms with E-state index in [1.807, 2.05) is 42.7 Å². The van der Waals surface area contributed by atoms with Gasteiger partial charge in [0.1, 0.15) is 22.7 Å². The monoisotopic (exact) mass is 478 g/mol. The van der Waals surface area contributed by atoms with Gasteiger partial charge in [-0.05, 0) is 60.1 Å². The normalized spacial score (nSPS) is 11.1. The van der Waals surface area contributed by atoms with Gasteiger partial charge >= 0.3 is 0 Å². The fourth-order valence-electron chi connectivity index (χ4n) is 2.94. The Labute approximate surface area is 183 Å². The van der Waals surface area contributed by atoms with E-state index in [1.54, 1.807) is 13.8 Å². The molecule has 2 N–H and O–H groups in total. The molecule has 0 unspecified atom stereocenters. The van der Waals surface area contributed by atoms with Crippen LogP contribution in [0.5, 0.6) is 0 Å². The summed E-state index contributed by atoms with van der Waals surface area (Å²) < 4.78 is 11.1. The lowest BCUT2D eigenvalue weighted by Crippen LogP contribution is -1.84. The lowest BCUT2D eigenvalue weighted by Gasteiger charge is -1.94. The molecule has 6 aromatic heterocycles. The van der Waals surface area contributed by atoms with Crippen LogP contribution in [0.4, 0.5) is 0 Å². The van der Waals surface area contributed by atoms with Crippen molar-refractivity contribution in [2.24, 2.45) is 0 Å². The van der Waals surface area contributed by atoms with Gasteiger partial charge in [-0.15, -0.1) is 0 Å². The predicted molar refractivity (Wildman–Crippen MR) is 116 cm³/mol. The summed E-state index contributed by atoms with van der Waals surface area (Å²) in [6.07, 6.45) is 3.70. The second-order valence-electron chi connectivity index (χ2n) is 6.63. The first-order valence-corrected chi connectivity index (χ1v) is 10.1. The van der Waals surface area contributed by atoms with Crippen molar-refractivity contribution in [1.29, 1.82) is 0 Å². The molecule has 0 aliphatic heterocycles. The van der Waals surface area contributed by atoms with Crippen molar-refractivity contribution in [3.8, 4) is 23.2 Å². The molecular formula is C20H15BrN8O2. The zero-order valence-corrected chi connectivity index (χ0v) is 18.0. The van der Waals surface area contributed by atoms with E-state index in [-0.39, 0.29) is 0 Å². The Bertz CT molecular complexity index is 1500. The standard InChI is InChI=1S/C10H7BrN4O.C10H8N4O/c1-5-13-10(16-15-5)8-3-2-6-7(11)4-12-9(6)14-8;1-6-12-10(15-14-6)8-3-2-7-4-5-11-9(7)13-8/h2-4H,1H3,(H,12,14);2-5H,1H3,(H,11,13). The lowest BCUT2D eigenvalue weighted by molar-refractivity contribution is 0.424. The van der Waals surface area contributed by atoms with E-state index in [0.29, 0.717) is 34.8 Å². The molecule has 0 aromatic carbocycles. The number of aromatic amines is 2.